The van der Waals surface area contributed by atoms with Crippen LogP contribution in [0.1, 0.15) is 0 Å². The van der Waals surface area contributed by atoms with Crippen LogP contribution in [-0.4, -0.2) is 29.2 Å². The van der Waals surface area contributed by atoms with Gasteiger partial charge in [-0.05, 0) is 0 Å². The van der Waals surface area contributed by atoms with Gasteiger partial charge in [0.25, 0.3) is 0 Å². The third-order valence-electron chi connectivity index (χ3n) is 1.05. The second kappa shape index (κ2) is 1.39. The number of hydrogen-bond donors (Lipinski definition) is 1. The van der Waals surface area contributed by atoms with Gasteiger partial charge in [-0.3, -0.25) is 0 Å². The molecule has 3 heteroatoms. The minimum absolute atomic E-state index is 0.119. The summed E-state index contributed by atoms with van der Waals surface area (Å²) in [6, 6.07) is 0.144. The van der Waals surface area contributed by atoms with E-state index in [1.807, 2.05) is 6.19 Å². The summed E-state index contributed by atoms with van der Waals surface area (Å²) in [5.41, 5.74) is 0. The second-order valence-corrected chi connectivity index (χ2v) is 1.59. The molecule has 1 aliphatic rings. The summed E-state index contributed by atoms with van der Waals surface area (Å²) in [4.78, 5) is 1.53. The molecular weight excluding hydrogens is 92.1 g/mol. The third-order valence-corrected chi connectivity index (χ3v) is 1.05. The number of nitrogens with zero attached hydrogens (tertiary/aromatic N) is 2. The van der Waals surface area contributed by atoms with Crippen molar-refractivity contribution in [2.75, 3.05) is 13.2 Å². The first-order valence-corrected chi connectivity index (χ1v) is 2.15. The van der Waals surface area contributed by atoms with Crippen LogP contribution < -0.4 is 0 Å². The molecule has 0 bridgehead atoms. The van der Waals surface area contributed by atoms with Crippen LogP contribution in [0.4, 0.5) is 0 Å². The average molecular weight is 98.1 g/mol. The molecule has 1 rings (SSSR count). The molecule has 1 aliphatic heterocycles. The van der Waals surface area contributed by atoms with Crippen molar-refractivity contribution in [3.05, 3.63) is 0 Å². The Kier molecular flexibility index (Phi) is 0.878. The lowest BCUT2D eigenvalue weighted by Gasteiger charge is -1.82. The second-order valence-electron chi connectivity index (χ2n) is 1.59. The molecular formula is C4H6N2O. The Hall–Kier alpha value is -0.750. The van der Waals surface area contributed by atoms with Crippen LogP contribution in [0.25, 0.3) is 0 Å². The van der Waals surface area contributed by atoms with Gasteiger partial charge < -0.3 is 10.0 Å². The molecule has 38 valence electrons. The van der Waals surface area contributed by atoms with Gasteiger partial charge >= 0.3 is 0 Å². The summed E-state index contributed by atoms with van der Waals surface area (Å²) in [6.07, 6.45) is 1.91. The topological polar surface area (TPSA) is 47.0 Å². The van der Waals surface area contributed by atoms with Crippen LogP contribution in [0.3, 0.4) is 0 Å². The minimum atomic E-state index is 0.119. The van der Waals surface area contributed by atoms with Crippen LogP contribution in [0.2, 0.25) is 0 Å². The maximum absolute atomic E-state index is 8.31. The lowest BCUT2D eigenvalue weighted by Crippen LogP contribution is -1.97. The number of aliphatic hydroxyl groups is 1. The first-order chi connectivity index (χ1) is 3.38. The molecule has 1 fully saturated rings. The van der Waals surface area contributed by atoms with Gasteiger partial charge in [0, 0.05) is 0 Å². The number of aliphatic hydroxyl groups excluding tert-OH is 1. The Morgan fingerprint density at radius 3 is 2.86 bits per heavy atom. The smallest absolute Gasteiger partial charge is 0.179 e. The van der Waals surface area contributed by atoms with Crippen LogP contribution in [-0.2, 0) is 0 Å². The summed E-state index contributed by atoms with van der Waals surface area (Å²) in [5.74, 6) is 0. The fourth-order valence-electron chi connectivity index (χ4n) is 0.459. The Labute approximate surface area is 41.8 Å². The highest BCUT2D eigenvalue weighted by atomic mass is 16.3. The van der Waals surface area contributed by atoms with Crippen molar-refractivity contribution in [1.29, 1.82) is 5.26 Å². The normalized spacial score (nSPS) is 26.9. The average Bonchev–Trinajstić information content (AvgIpc) is 2.43. The predicted octanol–water partition coefficient (Wildman–Crippen LogP) is -0.856. The maximum atomic E-state index is 8.31. The summed E-state index contributed by atoms with van der Waals surface area (Å²) in [5, 5.41) is 16.4. The largest absolute Gasteiger partial charge is 0.394 e. The van der Waals surface area contributed by atoms with Crippen LogP contribution in [0.5, 0.6) is 0 Å². The molecule has 0 spiro atoms. The minimum Gasteiger partial charge on any atom is -0.394 e. The number of rotatable bonds is 1. The molecule has 1 unspecified atom stereocenters. The lowest BCUT2D eigenvalue weighted by molar-refractivity contribution is 0.285. The lowest BCUT2D eigenvalue weighted by atomic mass is 10.5. The first kappa shape index (κ1) is 4.41. The van der Waals surface area contributed by atoms with E-state index in [-0.39, 0.29) is 12.6 Å². The van der Waals surface area contributed by atoms with E-state index in [9.17, 15) is 0 Å². The van der Waals surface area contributed by atoms with E-state index in [4.69, 9.17) is 10.4 Å². The van der Waals surface area contributed by atoms with Crippen LogP contribution in [0, 0.1) is 11.5 Å². The molecule has 1 heterocycles. The number of hydrogen-bond acceptors (Lipinski definition) is 3. The quantitative estimate of drug-likeness (QED) is 0.343. The van der Waals surface area contributed by atoms with Gasteiger partial charge in [-0.25, -0.2) is 0 Å². The summed E-state index contributed by atoms with van der Waals surface area (Å²) in [6.45, 7) is 0.862. The van der Waals surface area contributed by atoms with E-state index in [1.165, 1.54) is 4.90 Å². The highest BCUT2D eigenvalue weighted by Gasteiger charge is 2.31. The van der Waals surface area contributed by atoms with E-state index in [2.05, 4.69) is 0 Å². The zero-order chi connectivity index (χ0) is 5.28. The van der Waals surface area contributed by atoms with E-state index in [1.54, 1.807) is 0 Å². The van der Waals surface area contributed by atoms with E-state index in [0.29, 0.717) is 0 Å². The first-order valence-electron chi connectivity index (χ1n) is 2.15. The molecule has 0 aromatic carbocycles. The maximum Gasteiger partial charge on any atom is 0.179 e. The molecule has 1 N–H and O–H groups in total. The zero-order valence-corrected chi connectivity index (χ0v) is 3.83. The van der Waals surface area contributed by atoms with E-state index >= 15 is 0 Å². The molecule has 0 aromatic rings. The standard InChI is InChI=1S/C4H6N2O/c5-3-6-1-4(6)2-7/h4,7H,1-2H2. The SMILES string of the molecule is N#CN1CC1CO. The highest BCUT2D eigenvalue weighted by Crippen LogP contribution is 2.12. The Morgan fingerprint density at radius 1 is 2.00 bits per heavy atom. The van der Waals surface area contributed by atoms with Crippen molar-refractivity contribution in [2.45, 2.75) is 6.04 Å². The Balaban J connectivity index is 2.21. The molecule has 1 saturated heterocycles. The van der Waals surface area contributed by atoms with Gasteiger partial charge in [-0.2, -0.15) is 5.26 Å². The van der Waals surface area contributed by atoms with Gasteiger partial charge in [0.15, 0.2) is 6.19 Å². The van der Waals surface area contributed by atoms with Crippen molar-refractivity contribution in [1.82, 2.24) is 4.90 Å². The fraction of sp³-hybridized carbons (Fsp3) is 0.750. The molecule has 0 radical (unpaired) electrons. The Bertz CT molecular complexity index is 107. The van der Waals surface area contributed by atoms with Crippen molar-refractivity contribution >= 4 is 0 Å². The molecule has 0 saturated carbocycles. The van der Waals surface area contributed by atoms with Gasteiger partial charge in [0.05, 0.1) is 19.2 Å². The fourth-order valence-corrected chi connectivity index (χ4v) is 0.459. The van der Waals surface area contributed by atoms with Crippen molar-refractivity contribution in [3.8, 4) is 6.19 Å². The summed E-state index contributed by atoms with van der Waals surface area (Å²) < 4.78 is 0. The van der Waals surface area contributed by atoms with Crippen molar-refractivity contribution < 1.29 is 5.11 Å². The monoisotopic (exact) mass is 98.0 g/mol. The molecule has 3 nitrogen and oxygen atoms in total. The summed E-state index contributed by atoms with van der Waals surface area (Å²) >= 11 is 0. The van der Waals surface area contributed by atoms with Crippen LogP contribution in [0.15, 0.2) is 0 Å². The van der Waals surface area contributed by atoms with Crippen molar-refractivity contribution in [2.24, 2.45) is 0 Å². The van der Waals surface area contributed by atoms with E-state index in [0.717, 1.165) is 6.54 Å². The molecule has 0 amide bonds. The van der Waals surface area contributed by atoms with E-state index < -0.39 is 0 Å². The molecule has 0 aromatic heterocycles. The van der Waals surface area contributed by atoms with Gasteiger partial charge in [0.1, 0.15) is 0 Å². The highest BCUT2D eigenvalue weighted by molar-refractivity contribution is 4.97. The van der Waals surface area contributed by atoms with Crippen molar-refractivity contribution in [3.63, 3.8) is 0 Å². The van der Waals surface area contributed by atoms with Gasteiger partial charge in [-0.1, -0.05) is 0 Å². The number of nitriles is 1. The zero-order valence-electron chi connectivity index (χ0n) is 3.83. The predicted molar refractivity (Wildman–Crippen MR) is 23.2 cm³/mol. The summed E-state index contributed by atoms with van der Waals surface area (Å²) in [7, 11) is 0. The Morgan fingerprint density at radius 2 is 2.71 bits per heavy atom. The third kappa shape index (κ3) is 0.648. The van der Waals surface area contributed by atoms with Crippen LogP contribution >= 0.6 is 0 Å². The van der Waals surface area contributed by atoms with Gasteiger partial charge in [-0.15, -0.1) is 0 Å². The van der Waals surface area contributed by atoms with Gasteiger partial charge in [0.2, 0.25) is 0 Å². The molecule has 7 heavy (non-hydrogen) atoms. The molecule has 1 atom stereocenters. The molecule has 0 aliphatic carbocycles.